The van der Waals surface area contributed by atoms with E-state index in [1.54, 1.807) is 0 Å². The van der Waals surface area contributed by atoms with Crippen LogP contribution in [-0.4, -0.2) is 15.0 Å². The summed E-state index contributed by atoms with van der Waals surface area (Å²) >= 11 is 0. The SMILES string of the molecule is [C-]#[N+]c1ccc(-c2ccc(-c3nc(-c4ccccc4)nc(-c4ccc(-c5ccc6c(c5)Oc5ccccc5C6(c5ccccc5)c5ccccc5)cc4)n3)cc2)cc1. The fourth-order valence-corrected chi connectivity index (χ4v) is 8.09. The maximum atomic E-state index is 7.27. The van der Waals surface area contributed by atoms with Gasteiger partial charge in [-0.25, -0.2) is 19.8 Å². The molecule has 5 heteroatoms. The van der Waals surface area contributed by atoms with Gasteiger partial charge in [-0.2, -0.15) is 0 Å². The van der Waals surface area contributed by atoms with E-state index in [1.807, 2.05) is 72.8 Å². The highest BCUT2D eigenvalue weighted by Gasteiger charge is 2.45. The highest BCUT2D eigenvalue weighted by molar-refractivity contribution is 5.76. The Kier molecular flexibility index (Phi) is 8.70. The van der Waals surface area contributed by atoms with Crippen LogP contribution in [0.5, 0.6) is 11.5 Å². The lowest BCUT2D eigenvalue weighted by atomic mass is 9.63. The van der Waals surface area contributed by atoms with Crippen molar-refractivity contribution in [3.8, 4) is 67.9 Å². The summed E-state index contributed by atoms with van der Waals surface area (Å²) in [6.45, 7) is 7.27. The summed E-state index contributed by atoms with van der Waals surface area (Å²) in [5, 5.41) is 0. The van der Waals surface area contributed by atoms with E-state index < -0.39 is 5.41 Å². The second-order valence-corrected chi connectivity index (χ2v) is 14.3. The summed E-state index contributed by atoms with van der Waals surface area (Å²) in [5.74, 6) is 3.47. The van der Waals surface area contributed by atoms with Crippen molar-refractivity contribution in [2.24, 2.45) is 0 Å². The predicted octanol–water partition coefficient (Wildman–Crippen LogP) is 13.2. The molecule has 10 rings (SSSR count). The molecule has 58 heavy (non-hydrogen) atoms. The van der Waals surface area contributed by atoms with Gasteiger partial charge in [-0.3, -0.25) is 0 Å². The second-order valence-electron chi connectivity index (χ2n) is 14.3. The molecule has 0 N–H and O–H groups in total. The van der Waals surface area contributed by atoms with Gasteiger partial charge >= 0.3 is 0 Å². The highest BCUT2D eigenvalue weighted by atomic mass is 16.5. The van der Waals surface area contributed by atoms with Gasteiger partial charge in [0.15, 0.2) is 23.2 Å². The Bertz CT molecular complexity index is 2900. The number of fused-ring (bicyclic) bond motifs is 2. The molecule has 0 unspecified atom stereocenters. The molecule has 0 atom stereocenters. The molecule has 8 aromatic carbocycles. The van der Waals surface area contributed by atoms with Gasteiger partial charge in [0.1, 0.15) is 11.5 Å². The number of hydrogen-bond donors (Lipinski definition) is 0. The van der Waals surface area contributed by atoms with Gasteiger partial charge in [0.2, 0.25) is 0 Å². The van der Waals surface area contributed by atoms with Crippen molar-refractivity contribution >= 4 is 5.69 Å². The summed E-state index contributed by atoms with van der Waals surface area (Å²) in [5.41, 5.74) is 11.5. The van der Waals surface area contributed by atoms with Gasteiger partial charge in [0.05, 0.1) is 12.0 Å². The van der Waals surface area contributed by atoms with E-state index in [4.69, 9.17) is 26.3 Å². The van der Waals surface area contributed by atoms with Gasteiger partial charge in [-0.05, 0) is 45.5 Å². The standard InChI is InChI=1S/C53H34N4O/c1-54-45-32-29-37(30-33-45)36-21-25-40(26-22-36)51-55-50(39-13-5-2-6-14-39)56-52(57-51)41-27-23-38(24-28-41)42-31-34-47-49(35-42)58-48-20-12-11-19-46(48)53(47,43-15-7-3-8-16-43)44-17-9-4-10-18-44/h2-35H. The van der Waals surface area contributed by atoms with Crippen LogP contribution < -0.4 is 4.74 Å². The summed E-state index contributed by atoms with van der Waals surface area (Å²) < 4.78 is 6.75. The lowest BCUT2D eigenvalue weighted by molar-refractivity contribution is 0.435. The largest absolute Gasteiger partial charge is 0.457 e. The Morgan fingerprint density at radius 1 is 0.362 bits per heavy atom. The first kappa shape index (κ1) is 34.5. The molecule has 5 nitrogen and oxygen atoms in total. The molecule has 1 aromatic heterocycles. The van der Waals surface area contributed by atoms with Crippen LogP contribution in [0.2, 0.25) is 0 Å². The van der Waals surface area contributed by atoms with Crippen LogP contribution in [0.15, 0.2) is 206 Å². The molecule has 9 aromatic rings. The maximum Gasteiger partial charge on any atom is 0.187 e. The zero-order chi connectivity index (χ0) is 38.9. The number of nitrogens with zero attached hydrogens (tertiary/aromatic N) is 4. The summed E-state index contributed by atoms with van der Waals surface area (Å²) in [6, 6.07) is 70.7. The Morgan fingerprint density at radius 3 is 1.29 bits per heavy atom. The molecule has 272 valence electrons. The summed E-state index contributed by atoms with van der Waals surface area (Å²) in [4.78, 5) is 18.4. The van der Waals surface area contributed by atoms with E-state index in [0.717, 1.165) is 61.6 Å². The molecule has 0 saturated carbocycles. The maximum absolute atomic E-state index is 7.27. The monoisotopic (exact) mass is 742 g/mol. The van der Waals surface area contributed by atoms with E-state index in [0.29, 0.717) is 23.2 Å². The zero-order valence-electron chi connectivity index (χ0n) is 31.3. The smallest absolute Gasteiger partial charge is 0.187 e. The minimum atomic E-state index is -0.563. The normalized spacial score (nSPS) is 12.4. The van der Waals surface area contributed by atoms with Crippen LogP contribution in [0.3, 0.4) is 0 Å². The fraction of sp³-hybridized carbons (Fsp3) is 0.0189. The van der Waals surface area contributed by atoms with E-state index in [-0.39, 0.29) is 0 Å². The number of rotatable bonds is 7. The Morgan fingerprint density at radius 2 is 0.759 bits per heavy atom. The second kappa shape index (κ2) is 14.6. The van der Waals surface area contributed by atoms with Crippen LogP contribution in [-0.2, 0) is 5.41 Å². The molecule has 0 spiro atoms. The molecule has 0 radical (unpaired) electrons. The van der Waals surface area contributed by atoms with E-state index >= 15 is 0 Å². The third kappa shape index (κ3) is 6.10. The molecular formula is C53H34N4O. The Labute approximate surface area is 337 Å². The summed E-state index contributed by atoms with van der Waals surface area (Å²) in [6.07, 6.45) is 0. The van der Waals surface area contributed by atoms with Crippen LogP contribution >= 0.6 is 0 Å². The molecule has 0 amide bonds. The van der Waals surface area contributed by atoms with E-state index in [1.165, 1.54) is 11.1 Å². The number of benzene rings is 8. The number of para-hydroxylation sites is 1. The lowest BCUT2D eigenvalue weighted by Gasteiger charge is -2.41. The van der Waals surface area contributed by atoms with Crippen LogP contribution in [0.4, 0.5) is 5.69 Å². The van der Waals surface area contributed by atoms with Crippen LogP contribution in [0, 0.1) is 6.57 Å². The Balaban J connectivity index is 1.03. The third-order valence-electron chi connectivity index (χ3n) is 10.9. The van der Waals surface area contributed by atoms with Crippen molar-refractivity contribution in [2.75, 3.05) is 0 Å². The lowest BCUT2D eigenvalue weighted by Crippen LogP contribution is -2.34. The number of aromatic nitrogens is 3. The molecular weight excluding hydrogens is 709 g/mol. The van der Waals surface area contributed by atoms with Crippen molar-refractivity contribution < 1.29 is 4.74 Å². The topological polar surface area (TPSA) is 52.3 Å². The van der Waals surface area contributed by atoms with Crippen molar-refractivity contribution in [3.05, 3.63) is 240 Å². The van der Waals surface area contributed by atoms with Gasteiger partial charge in [-0.1, -0.05) is 194 Å². The van der Waals surface area contributed by atoms with Gasteiger partial charge in [-0.15, -0.1) is 0 Å². The zero-order valence-corrected chi connectivity index (χ0v) is 31.3. The molecule has 0 aliphatic carbocycles. The van der Waals surface area contributed by atoms with Crippen LogP contribution in [0.25, 0.3) is 61.3 Å². The fourth-order valence-electron chi connectivity index (χ4n) is 8.09. The molecule has 1 aliphatic rings. The van der Waals surface area contributed by atoms with Crippen molar-refractivity contribution in [1.29, 1.82) is 0 Å². The molecule has 0 bridgehead atoms. The molecule has 2 heterocycles. The quantitative estimate of drug-likeness (QED) is 0.153. The van der Waals surface area contributed by atoms with Crippen molar-refractivity contribution in [2.45, 2.75) is 5.41 Å². The summed E-state index contributed by atoms with van der Waals surface area (Å²) in [7, 11) is 0. The Hall–Kier alpha value is -7.94. The van der Waals surface area contributed by atoms with Crippen LogP contribution in [0.1, 0.15) is 22.3 Å². The number of hydrogen-bond acceptors (Lipinski definition) is 4. The number of ether oxygens (including phenoxy) is 1. The highest BCUT2D eigenvalue weighted by Crippen LogP contribution is 2.55. The average Bonchev–Trinajstić information content (AvgIpc) is 3.31. The first-order valence-corrected chi connectivity index (χ1v) is 19.2. The van der Waals surface area contributed by atoms with Crippen molar-refractivity contribution in [1.82, 2.24) is 15.0 Å². The first-order valence-electron chi connectivity index (χ1n) is 19.2. The van der Waals surface area contributed by atoms with E-state index in [9.17, 15) is 0 Å². The molecule has 0 saturated heterocycles. The van der Waals surface area contributed by atoms with Crippen molar-refractivity contribution in [3.63, 3.8) is 0 Å². The van der Waals surface area contributed by atoms with Gasteiger partial charge < -0.3 is 4.74 Å². The molecule has 0 fully saturated rings. The van der Waals surface area contributed by atoms with E-state index in [2.05, 4.69) is 138 Å². The van der Waals surface area contributed by atoms with Gasteiger partial charge in [0, 0.05) is 27.8 Å². The minimum Gasteiger partial charge on any atom is -0.457 e. The average molecular weight is 743 g/mol. The molecule has 1 aliphatic heterocycles. The first-order chi connectivity index (χ1) is 28.7. The predicted molar refractivity (Wildman–Crippen MR) is 232 cm³/mol. The van der Waals surface area contributed by atoms with Gasteiger partial charge in [0.25, 0.3) is 0 Å². The third-order valence-corrected chi connectivity index (χ3v) is 10.9. The minimum absolute atomic E-state index is 0.563.